The van der Waals surface area contributed by atoms with Crippen LogP contribution >= 0.6 is 11.8 Å². The van der Waals surface area contributed by atoms with E-state index in [4.69, 9.17) is 14.8 Å². The van der Waals surface area contributed by atoms with E-state index in [2.05, 4.69) is 5.32 Å². The van der Waals surface area contributed by atoms with Gasteiger partial charge in [0.05, 0.1) is 24.4 Å². The van der Waals surface area contributed by atoms with E-state index in [1.807, 2.05) is 61.5 Å². The topological polar surface area (TPSA) is 108 Å². The average molecular weight is 504 g/mol. The Morgan fingerprint density at radius 3 is 2.36 bits per heavy atom. The van der Waals surface area contributed by atoms with Gasteiger partial charge in [-0.15, -0.1) is 0 Å². The smallest absolute Gasteiger partial charge is 0.335 e. The molecule has 2 N–H and O–H groups in total. The van der Waals surface area contributed by atoms with Crippen LogP contribution in [-0.4, -0.2) is 44.8 Å². The number of amides is 2. The number of carboxylic acid groups (broad SMARTS) is 1. The molecule has 4 rings (SSSR count). The number of rotatable bonds is 9. The van der Waals surface area contributed by atoms with Gasteiger partial charge in [0.1, 0.15) is 11.0 Å². The van der Waals surface area contributed by atoms with E-state index >= 15 is 0 Å². The number of nitrogens with one attached hydrogen (secondary N) is 1. The highest BCUT2D eigenvalue weighted by molar-refractivity contribution is 8.15. The van der Waals surface area contributed by atoms with Crippen LogP contribution in [0, 0.1) is 0 Å². The molecular weight excluding hydrogens is 478 g/mol. The molecule has 8 nitrogen and oxygen atoms in total. The van der Waals surface area contributed by atoms with Crippen molar-refractivity contribution in [2.75, 3.05) is 11.9 Å². The molecule has 0 aromatic heterocycles. The number of hydrogen-bond acceptors (Lipinski definition) is 6. The molecule has 0 aliphatic carbocycles. The summed E-state index contributed by atoms with van der Waals surface area (Å²) in [6.45, 7) is 2.82. The van der Waals surface area contributed by atoms with Crippen molar-refractivity contribution in [2.24, 2.45) is 4.99 Å². The second kappa shape index (κ2) is 11.5. The number of carbonyl (C=O) groups is 3. The summed E-state index contributed by atoms with van der Waals surface area (Å²) in [5.74, 6) is -0.835. The van der Waals surface area contributed by atoms with E-state index in [-0.39, 0.29) is 23.8 Å². The Bertz CT molecular complexity index is 1260. The largest absolute Gasteiger partial charge is 0.494 e. The first-order chi connectivity index (χ1) is 17.4. The standard InChI is InChI=1S/C27H25N3O5S/c1-2-35-22-14-12-21(13-15-22)29-27-30(17-18-6-4-3-5-7-18)25(32)23(36-27)16-24(31)28-20-10-8-19(9-11-20)26(33)34/h3-15,23H,2,16-17H2,1H3,(H,28,31)(H,33,34). The van der Waals surface area contributed by atoms with Crippen LogP contribution in [0.25, 0.3) is 0 Å². The predicted octanol–water partition coefficient (Wildman–Crippen LogP) is 4.94. The Morgan fingerprint density at radius 2 is 1.72 bits per heavy atom. The lowest BCUT2D eigenvalue weighted by Crippen LogP contribution is -2.33. The highest BCUT2D eigenvalue weighted by atomic mass is 32.2. The molecule has 1 unspecified atom stereocenters. The zero-order valence-electron chi connectivity index (χ0n) is 19.6. The fourth-order valence-corrected chi connectivity index (χ4v) is 4.76. The third kappa shape index (κ3) is 6.31. The summed E-state index contributed by atoms with van der Waals surface area (Å²) < 4.78 is 5.48. The minimum absolute atomic E-state index is 0.0439. The molecule has 36 heavy (non-hydrogen) atoms. The zero-order chi connectivity index (χ0) is 25.5. The van der Waals surface area contributed by atoms with Gasteiger partial charge in [-0.2, -0.15) is 0 Å². The van der Waals surface area contributed by atoms with Crippen LogP contribution in [0.1, 0.15) is 29.3 Å². The number of aromatic carboxylic acids is 1. The lowest BCUT2D eigenvalue weighted by molar-refractivity contribution is -0.128. The van der Waals surface area contributed by atoms with Gasteiger partial charge in [0.15, 0.2) is 5.17 Å². The second-order valence-corrected chi connectivity index (χ2v) is 9.14. The fourth-order valence-electron chi connectivity index (χ4n) is 3.61. The molecule has 1 heterocycles. The highest BCUT2D eigenvalue weighted by Gasteiger charge is 2.39. The van der Waals surface area contributed by atoms with Crippen LogP contribution in [0.3, 0.4) is 0 Å². The molecule has 1 aliphatic rings. The summed E-state index contributed by atoms with van der Waals surface area (Å²) in [6, 6.07) is 22.8. The molecule has 0 radical (unpaired) electrons. The highest BCUT2D eigenvalue weighted by Crippen LogP contribution is 2.33. The van der Waals surface area contributed by atoms with Crippen molar-refractivity contribution in [1.82, 2.24) is 4.90 Å². The molecule has 0 bridgehead atoms. The van der Waals surface area contributed by atoms with Gasteiger partial charge in [-0.3, -0.25) is 14.5 Å². The number of nitrogens with zero attached hydrogens (tertiary/aromatic N) is 2. The molecule has 1 saturated heterocycles. The van der Waals surface area contributed by atoms with Crippen LogP contribution < -0.4 is 10.1 Å². The van der Waals surface area contributed by atoms with Gasteiger partial charge in [-0.1, -0.05) is 42.1 Å². The molecule has 184 valence electrons. The molecule has 3 aromatic carbocycles. The van der Waals surface area contributed by atoms with Crippen molar-refractivity contribution in [3.63, 3.8) is 0 Å². The van der Waals surface area contributed by atoms with Crippen molar-refractivity contribution in [2.45, 2.75) is 25.1 Å². The van der Waals surface area contributed by atoms with Gasteiger partial charge in [-0.05, 0) is 61.0 Å². The SMILES string of the molecule is CCOc1ccc(N=C2SC(CC(=O)Nc3ccc(C(=O)O)cc3)C(=O)N2Cc2ccccc2)cc1. The molecule has 1 aliphatic heterocycles. The Balaban J connectivity index is 1.50. The molecule has 9 heteroatoms. The average Bonchev–Trinajstić information content (AvgIpc) is 3.15. The maximum absolute atomic E-state index is 13.3. The number of hydrogen-bond donors (Lipinski definition) is 2. The fraction of sp³-hybridized carbons (Fsp3) is 0.185. The summed E-state index contributed by atoms with van der Waals surface area (Å²) in [6.07, 6.45) is -0.0439. The number of aliphatic imine (C=N–C) groups is 1. The van der Waals surface area contributed by atoms with E-state index < -0.39 is 11.2 Å². The summed E-state index contributed by atoms with van der Waals surface area (Å²) >= 11 is 1.26. The van der Waals surface area contributed by atoms with E-state index in [9.17, 15) is 14.4 Å². The molecular formula is C27H25N3O5S. The number of carboxylic acids is 1. The number of anilines is 1. The van der Waals surface area contributed by atoms with Crippen LogP contribution in [0.2, 0.25) is 0 Å². The van der Waals surface area contributed by atoms with E-state index in [1.165, 1.54) is 36.0 Å². The Hall–Kier alpha value is -4.11. The molecule has 0 spiro atoms. The number of benzene rings is 3. The first-order valence-electron chi connectivity index (χ1n) is 11.4. The second-order valence-electron chi connectivity index (χ2n) is 7.97. The zero-order valence-corrected chi connectivity index (χ0v) is 20.4. The molecule has 0 saturated carbocycles. The minimum Gasteiger partial charge on any atom is -0.494 e. The Morgan fingerprint density at radius 1 is 1.03 bits per heavy atom. The van der Waals surface area contributed by atoms with Gasteiger partial charge >= 0.3 is 5.97 Å². The van der Waals surface area contributed by atoms with E-state index in [1.54, 1.807) is 4.90 Å². The Kier molecular flexibility index (Phi) is 8.02. The summed E-state index contributed by atoms with van der Waals surface area (Å²) in [5, 5.41) is 11.7. The summed E-state index contributed by atoms with van der Waals surface area (Å²) in [5.41, 5.74) is 2.22. The maximum atomic E-state index is 13.3. The predicted molar refractivity (Wildman–Crippen MR) is 140 cm³/mol. The monoisotopic (exact) mass is 503 g/mol. The van der Waals surface area contributed by atoms with Gasteiger partial charge in [0, 0.05) is 12.1 Å². The van der Waals surface area contributed by atoms with Crippen molar-refractivity contribution < 1.29 is 24.2 Å². The molecule has 1 fully saturated rings. The van der Waals surface area contributed by atoms with Crippen molar-refractivity contribution in [1.29, 1.82) is 0 Å². The number of amidine groups is 1. The van der Waals surface area contributed by atoms with Crippen molar-refractivity contribution >= 4 is 46.1 Å². The maximum Gasteiger partial charge on any atom is 0.335 e. The lowest BCUT2D eigenvalue weighted by Gasteiger charge is -2.16. The first kappa shape index (κ1) is 25.0. The number of thioether (sulfide) groups is 1. The molecule has 3 aromatic rings. The Labute approximate surface area is 213 Å². The normalized spacial score (nSPS) is 16.2. The summed E-state index contributed by atoms with van der Waals surface area (Å²) in [7, 11) is 0. The van der Waals surface area contributed by atoms with Crippen molar-refractivity contribution in [3.8, 4) is 5.75 Å². The van der Waals surface area contributed by atoms with E-state index in [0.717, 1.165) is 11.3 Å². The molecule has 1 atom stereocenters. The third-order valence-electron chi connectivity index (χ3n) is 5.36. The van der Waals surface area contributed by atoms with Gasteiger partial charge < -0.3 is 15.2 Å². The van der Waals surface area contributed by atoms with Gasteiger partial charge in [-0.25, -0.2) is 9.79 Å². The number of carbonyl (C=O) groups excluding carboxylic acids is 2. The van der Waals surface area contributed by atoms with Crippen LogP contribution in [0.15, 0.2) is 83.9 Å². The van der Waals surface area contributed by atoms with Gasteiger partial charge in [0.2, 0.25) is 11.8 Å². The number of ether oxygens (including phenoxy) is 1. The quantitative estimate of drug-likeness (QED) is 0.428. The van der Waals surface area contributed by atoms with E-state index in [0.29, 0.717) is 29.7 Å². The first-order valence-corrected chi connectivity index (χ1v) is 12.3. The summed E-state index contributed by atoms with van der Waals surface area (Å²) in [4.78, 5) is 43.3. The van der Waals surface area contributed by atoms with Gasteiger partial charge in [0.25, 0.3) is 0 Å². The molecule has 2 amide bonds. The lowest BCUT2D eigenvalue weighted by atomic mass is 10.2. The minimum atomic E-state index is -1.04. The van der Waals surface area contributed by atoms with Crippen molar-refractivity contribution in [3.05, 3.63) is 90.0 Å². The third-order valence-corrected chi connectivity index (χ3v) is 6.54. The van der Waals surface area contributed by atoms with Crippen LogP contribution in [0.4, 0.5) is 11.4 Å². The van der Waals surface area contributed by atoms with Crippen LogP contribution in [0.5, 0.6) is 5.75 Å². The van der Waals surface area contributed by atoms with Crippen LogP contribution in [-0.2, 0) is 16.1 Å².